The fraction of sp³-hybridized carbons (Fsp3) is 0.522. The first-order valence-corrected chi connectivity index (χ1v) is 11.1. The maximum absolute atomic E-state index is 13.4. The number of hydrogen-bond acceptors (Lipinski definition) is 6. The van der Waals surface area contributed by atoms with Gasteiger partial charge in [-0.2, -0.15) is 0 Å². The van der Waals surface area contributed by atoms with Crippen LogP contribution in [0.4, 0.5) is 5.82 Å². The lowest BCUT2D eigenvalue weighted by molar-refractivity contribution is -0.129. The lowest BCUT2D eigenvalue weighted by Gasteiger charge is -2.36. The zero-order valence-corrected chi connectivity index (χ0v) is 19.2. The van der Waals surface area contributed by atoms with Gasteiger partial charge in [-0.15, -0.1) is 0 Å². The lowest BCUT2D eigenvalue weighted by Crippen LogP contribution is -2.41. The largest absolute Gasteiger partial charge is 0.362 e. The standard InChI is InChI=1S/C23H30N6O3/c1-15(30)28-12-10-18-17(14-28)22(26(2)3)25-21(24-18)19-7-5-6-11-29(19)23(32)16-8-9-20(31)27(4)13-16/h8-9,13,19H,5-7,10-12,14H2,1-4H3/t19-/m0/s1. The lowest BCUT2D eigenvalue weighted by atomic mass is 9.99. The van der Waals surface area contributed by atoms with E-state index in [1.165, 1.54) is 10.6 Å². The fourth-order valence-electron chi connectivity index (χ4n) is 4.53. The number of carbonyl (C=O) groups is 2. The summed E-state index contributed by atoms with van der Waals surface area (Å²) in [5, 5.41) is 0. The summed E-state index contributed by atoms with van der Waals surface area (Å²) in [6.07, 6.45) is 4.98. The van der Waals surface area contributed by atoms with Gasteiger partial charge in [0.15, 0.2) is 5.82 Å². The summed E-state index contributed by atoms with van der Waals surface area (Å²) in [6, 6.07) is 2.79. The highest BCUT2D eigenvalue weighted by Gasteiger charge is 2.33. The molecule has 1 atom stereocenters. The molecule has 2 aromatic rings. The van der Waals surface area contributed by atoms with Crippen molar-refractivity contribution in [2.75, 3.05) is 32.1 Å². The molecule has 170 valence electrons. The number of aryl methyl sites for hydroxylation is 1. The van der Waals surface area contributed by atoms with Gasteiger partial charge in [-0.1, -0.05) is 0 Å². The highest BCUT2D eigenvalue weighted by Crippen LogP contribution is 2.34. The second kappa shape index (κ2) is 8.72. The number of likely N-dealkylation sites (tertiary alicyclic amines) is 1. The molecular weight excluding hydrogens is 408 g/mol. The van der Waals surface area contributed by atoms with Gasteiger partial charge in [0.1, 0.15) is 5.82 Å². The van der Waals surface area contributed by atoms with Gasteiger partial charge in [-0.25, -0.2) is 9.97 Å². The molecule has 0 aromatic carbocycles. The number of fused-ring (bicyclic) bond motifs is 1. The first-order chi connectivity index (χ1) is 15.3. The van der Waals surface area contributed by atoms with Crippen LogP contribution in [0.25, 0.3) is 0 Å². The van der Waals surface area contributed by atoms with Crippen molar-refractivity contribution in [1.82, 2.24) is 24.3 Å². The molecule has 0 spiro atoms. The quantitative estimate of drug-likeness (QED) is 0.722. The van der Waals surface area contributed by atoms with Crippen LogP contribution in [-0.4, -0.2) is 63.3 Å². The Labute approximate surface area is 187 Å². The number of amides is 2. The molecule has 2 aliphatic rings. The molecule has 0 N–H and O–H groups in total. The Balaban J connectivity index is 1.71. The minimum atomic E-state index is -0.219. The Bertz CT molecular complexity index is 1110. The molecule has 9 nitrogen and oxygen atoms in total. The van der Waals surface area contributed by atoms with Gasteiger partial charge in [-0.05, 0) is 25.3 Å². The number of anilines is 1. The Morgan fingerprint density at radius 1 is 1.12 bits per heavy atom. The summed E-state index contributed by atoms with van der Waals surface area (Å²) < 4.78 is 1.42. The summed E-state index contributed by atoms with van der Waals surface area (Å²) >= 11 is 0. The zero-order valence-electron chi connectivity index (χ0n) is 19.2. The number of piperidine rings is 1. The highest BCUT2D eigenvalue weighted by molar-refractivity contribution is 5.94. The van der Waals surface area contributed by atoms with Gasteiger partial charge in [0.05, 0.1) is 23.8 Å². The van der Waals surface area contributed by atoms with Crippen LogP contribution < -0.4 is 10.5 Å². The zero-order chi connectivity index (χ0) is 23.0. The first-order valence-electron chi connectivity index (χ1n) is 11.1. The molecule has 0 radical (unpaired) electrons. The smallest absolute Gasteiger partial charge is 0.255 e. The molecular formula is C23H30N6O3. The fourth-order valence-corrected chi connectivity index (χ4v) is 4.53. The van der Waals surface area contributed by atoms with Crippen LogP contribution in [0, 0.1) is 0 Å². The van der Waals surface area contributed by atoms with E-state index in [9.17, 15) is 14.4 Å². The Hall–Kier alpha value is -3.23. The van der Waals surface area contributed by atoms with Crippen molar-refractivity contribution >= 4 is 17.6 Å². The normalized spacial score (nSPS) is 18.3. The van der Waals surface area contributed by atoms with Crippen molar-refractivity contribution in [1.29, 1.82) is 0 Å². The maximum atomic E-state index is 13.4. The topological polar surface area (TPSA) is 91.6 Å². The molecule has 2 aliphatic heterocycles. The molecule has 4 heterocycles. The average molecular weight is 439 g/mol. The van der Waals surface area contributed by atoms with Crippen molar-refractivity contribution in [2.45, 2.75) is 45.2 Å². The van der Waals surface area contributed by atoms with Gasteiger partial charge in [0, 0.05) is 65.4 Å². The van der Waals surface area contributed by atoms with Crippen LogP contribution in [0.5, 0.6) is 0 Å². The van der Waals surface area contributed by atoms with E-state index in [4.69, 9.17) is 9.97 Å². The molecule has 0 bridgehead atoms. The third-order valence-electron chi connectivity index (χ3n) is 6.32. The number of hydrogen-bond donors (Lipinski definition) is 0. The van der Waals surface area contributed by atoms with Gasteiger partial charge >= 0.3 is 0 Å². The SMILES string of the molecule is CC(=O)N1CCc2nc([C@@H]3CCCCN3C(=O)c3ccc(=O)n(C)c3)nc(N(C)C)c2C1. The van der Waals surface area contributed by atoms with Gasteiger partial charge in [-0.3, -0.25) is 14.4 Å². The molecule has 1 fully saturated rings. The Morgan fingerprint density at radius 3 is 2.59 bits per heavy atom. The third-order valence-corrected chi connectivity index (χ3v) is 6.32. The highest BCUT2D eigenvalue weighted by atomic mass is 16.2. The van der Waals surface area contributed by atoms with E-state index >= 15 is 0 Å². The molecule has 0 saturated carbocycles. The molecule has 0 unspecified atom stereocenters. The Morgan fingerprint density at radius 2 is 1.91 bits per heavy atom. The number of pyridine rings is 1. The Kier molecular flexibility index (Phi) is 5.99. The van der Waals surface area contributed by atoms with Crippen molar-refractivity contribution in [3.8, 4) is 0 Å². The van der Waals surface area contributed by atoms with E-state index in [0.29, 0.717) is 37.4 Å². The molecule has 9 heteroatoms. The van der Waals surface area contributed by atoms with E-state index in [1.807, 2.05) is 28.8 Å². The van der Waals surface area contributed by atoms with Crippen LogP contribution >= 0.6 is 0 Å². The van der Waals surface area contributed by atoms with Crippen LogP contribution in [0.2, 0.25) is 0 Å². The average Bonchev–Trinajstić information content (AvgIpc) is 2.79. The molecule has 32 heavy (non-hydrogen) atoms. The maximum Gasteiger partial charge on any atom is 0.255 e. The summed E-state index contributed by atoms with van der Waals surface area (Å²) in [5.41, 5.74) is 2.27. The van der Waals surface area contributed by atoms with Crippen molar-refractivity contribution in [3.63, 3.8) is 0 Å². The number of nitrogens with zero attached hydrogens (tertiary/aromatic N) is 6. The van der Waals surface area contributed by atoms with Crippen LogP contribution in [-0.2, 0) is 24.8 Å². The van der Waals surface area contributed by atoms with Crippen LogP contribution in [0.1, 0.15) is 59.7 Å². The van der Waals surface area contributed by atoms with E-state index in [1.54, 1.807) is 26.2 Å². The second-order valence-corrected chi connectivity index (χ2v) is 8.79. The van der Waals surface area contributed by atoms with E-state index < -0.39 is 0 Å². The number of carbonyl (C=O) groups excluding carboxylic acids is 2. The monoisotopic (exact) mass is 438 g/mol. The molecule has 1 saturated heterocycles. The van der Waals surface area contributed by atoms with Crippen LogP contribution in [0.3, 0.4) is 0 Å². The summed E-state index contributed by atoms with van der Waals surface area (Å²) in [5.74, 6) is 1.39. The molecule has 2 aromatic heterocycles. The minimum Gasteiger partial charge on any atom is -0.362 e. The summed E-state index contributed by atoms with van der Waals surface area (Å²) in [6.45, 7) is 3.35. The first kappa shape index (κ1) is 22.0. The summed E-state index contributed by atoms with van der Waals surface area (Å²) in [7, 11) is 5.52. The second-order valence-electron chi connectivity index (χ2n) is 8.79. The van der Waals surface area contributed by atoms with Crippen molar-refractivity contribution in [3.05, 3.63) is 51.3 Å². The van der Waals surface area contributed by atoms with Crippen molar-refractivity contribution in [2.24, 2.45) is 7.05 Å². The number of aromatic nitrogens is 3. The van der Waals surface area contributed by atoms with E-state index in [0.717, 1.165) is 36.3 Å². The molecule has 0 aliphatic carbocycles. The predicted molar refractivity (Wildman–Crippen MR) is 120 cm³/mol. The van der Waals surface area contributed by atoms with Crippen LogP contribution in [0.15, 0.2) is 23.1 Å². The van der Waals surface area contributed by atoms with E-state index in [-0.39, 0.29) is 23.4 Å². The van der Waals surface area contributed by atoms with Gasteiger partial charge in [0.25, 0.3) is 5.91 Å². The van der Waals surface area contributed by atoms with E-state index in [2.05, 4.69) is 0 Å². The van der Waals surface area contributed by atoms with Gasteiger partial charge < -0.3 is 19.3 Å². The minimum absolute atomic E-state index is 0.0470. The third kappa shape index (κ3) is 4.11. The van der Waals surface area contributed by atoms with Gasteiger partial charge in [0.2, 0.25) is 11.5 Å². The number of rotatable bonds is 3. The predicted octanol–water partition coefficient (Wildman–Crippen LogP) is 1.51. The molecule has 4 rings (SSSR count). The molecule has 2 amide bonds. The summed E-state index contributed by atoms with van der Waals surface area (Å²) in [4.78, 5) is 52.4. The van der Waals surface area contributed by atoms with Crippen molar-refractivity contribution < 1.29 is 9.59 Å².